The predicted octanol–water partition coefficient (Wildman–Crippen LogP) is -0.569. The van der Waals surface area contributed by atoms with Crippen LogP contribution in [0.15, 0.2) is 0 Å². The van der Waals surface area contributed by atoms with Crippen molar-refractivity contribution in [3.05, 3.63) is 0 Å². The van der Waals surface area contributed by atoms with Crippen molar-refractivity contribution in [3.63, 3.8) is 0 Å². The monoisotopic (exact) mass is 150 g/mol. The van der Waals surface area contributed by atoms with E-state index in [1.54, 1.807) is 0 Å². The number of rotatable bonds is 3. The minimum Gasteiger partial charge on any atom is -0.388 e. The van der Waals surface area contributed by atoms with Crippen molar-refractivity contribution < 1.29 is 20.1 Å². The van der Waals surface area contributed by atoms with Gasteiger partial charge in [0.1, 0.15) is 6.10 Å². The molecule has 0 aliphatic heterocycles. The van der Waals surface area contributed by atoms with E-state index in [2.05, 4.69) is 4.74 Å². The Morgan fingerprint density at radius 1 is 1.30 bits per heavy atom. The summed E-state index contributed by atoms with van der Waals surface area (Å²) in [6.07, 6.45) is -2.10. The SMILES string of the molecule is CC(O)OC(C)(O)C(C)O. The molecule has 0 rings (SSSR count). The zero-order chi connectivity index (χ0) is 8.36. The summed E-state index contributed by atoms with van der Waals surface area (Å²) in [5, 5.41) is 26.6. The molecule has 3 unspecified atom stereocenters. The second-order valence-corrected chi connectivity index (χ2v) is 2.45. The van der Waals surface area contributed by atoms with Gasteiger partial charge in [-0.3, -0.25) is 0 Å². The number of aliphatic hydroxyl groups is 3. The molecule has 0 amide bonds. The Bertz CT molecular complexity index is 97.9. The molecule has 4 nitrogen and oxygen atoms in total. The molecular weight excluding hydrogens is 136 g/mol. The van der Waals surface area contributed by atoms with Crippen LogP contribution in [0.4, 0.5) is 0 Å². The molecule has 62 valence electrons. The standard InChI is InChI=1S/C6H14O4/c1-4(7)6(3,9)10-5(2)8/h4-5,7-9H,1-3H3. The normalized spacial score (nSPS) is 23.4. The molecule has 0 aromatic rings. The van der Waals surface area contributed by atoms with Crippen molar-refractivity contribution in [1.82, 2.24) is 0 Å². The van der Waals surface area contributed by atoms with Crippen LogP contribution < -0.4 is 0 Å². The van der Waals surface area contributed by atoms with Crippen LogP contribution in [0.25, 0.3) is 0 Å². The van der Waals surface area contributed by atoms with Crippen molar-refractivity contribution in [2.24, 2.45) is 0 Å². The van der Waals surface area contributed by atoms with Gasteiger partial charge in [0.15, 0.2) is 12.1 Å². The predicted molar refractivity (Wildman–Crippen MR) is 35.1 cm³/mol. The van der Waals surface area contributed by atoms with Gasteiger partial charge >= 0.3 is 0 Å². The molecule has 0 spiro atoms. The Labute approximate surface area is 60.1 Å². The summed E-state index contributed by atoms with van der Waals surface area (Å²) in [4.78, 5) is 0. The van der Waals surface area contributed by atoms with Gasteiger partial charge < -0.3 is 20.1 Å². The van der Waals surface area contributed by atoms with Gasteiger partial charge in [-0.1, -0.05) is 0 Å². The lowest BCUT2D eigenvalue weighted by Crippen LogP contribution is -2.42. The topological polar surface area (TPSA) is 69.9 Å². The van der Waals surface area contributed by atoms with Crippen molar-refractivity contribution in [2.75, 3.05) is 0 Å². The molecule has 0 aliphatic carbocycles. The highest BCUT2D eigenvalue weighted by Gasteiger charge is 2.29. The van der Waals surface area contributed by atoms with Crippen molar-refractivity contribution in [1.29, 1.82) is 0 Å². The Balaban J connectivity index is 3.87. The van der Waals surface area contributed by atoms with E-state index in [4.69, 9.17) is 15.3 Å². The summed E-state index contributed by atoms with van der Waals surface area (Å²) < 4.78 is 4.56. The fourth-order valence-corrected chi connectivity index (χ4v) is 0.444. The van der Waals surface area contributed by atoms with E-state index >= 15 is 0 Å². The fourth-order valence-electron chi connectivity index (χ4n) is 0.444. The lowest BCUT2D eigenvalue weighted by molar-refractivity contribution is -0.296. The fraction of sp³-hybridized carbons (Fsp3) is 1.00. The highest BCUT2D eigenvalue weighted by Crippen LogP contribution is 2.12. The highest BCUT2D eigenvalue weighted by atomic mass is 16.7. The summed E-state index contributed by atoms with van der Waals surface area (Å²) in [7, 11) is 0. The molecule has 3 atom stereocenters. The van der Waals surface area contributed by atoms with E-state index in [9.17, 15) is 0 Å². The lowest BCUT2D eigenvalue weighted by atomic mass is 10.2. The average molecular weight is 150 g/mol. The molecule has 0 aromatic heterocycles. The van der Waals surface area contributed by atoms with Gasteiger partial charge in [0, 0.05) is 0 Å². The largest absolute Gasteiger partial charge is 0.388 e. The van der Waals surface area contributed by atoms with Gasteiger partial charge in [-0.25, -0.2) is 0 Å². The van der Waals surface area contributed by atoms with Crippen molar-refractivity contribution in [3.8, 4) is 0 Å². The zero-order valence-corrected chi connectivity index (χ0v) is 6.40. The van der Waals surface area contributed by atoms with E-state index in [1.165, 1.54) is 20.8 Å². The molecule has 0 bridgehead atoms. The van der Waals surface area contributed by atoms with Crippen molar-refractivity contribution in [2.45, 2.75) is 39.0 Å². The molecule has 0 heterocycles. The summed E-state index contributed by atoms with van der Waals surface area (Å²) in [5.74, 6) is -1.67. The van der Waals surface area contributed by atoms with Crippen LogP contribution in [-0.2, 0) is 4.74 Å². The minimum absolute atomic E-state index is 1.03. The molecule has 0 fully saturated rings. The summed E-state index contributed by atoms with van der Waals surface area (Å²) in [5.41, 5.74) is 0. The van der Waals surface area contributed by atoms with Gasteiger partial charge in [-0.05, 0) is 20.8 Å². The van der Waals surface area contributed by atoms with E-state index < -0.39 is 18.2 Å². The molecule has 4 heteroatoms. The summed E-state index contributed by atoms with van der Waals surface area (Å²) >= 11 is 0. The Morgan fingerprint density at radius 3 is 1.80 bits per heavy atom. The van der Waals surface area contributed by atoms with Gasteiger partial charge in [0.05, 0.1) is 0 Å². The van der Waals surface area contributed by atoms with Crippen molar-refractivity contribution >= 4 is 0 Å². The minimum atomic E-state index is -1.67. The number of hydrogen-bond donors (Lipinski definition) is 3. The smallest absolute Gasteiger partial charge is 0.191 e. The van der Waals surface area contributed by atoms with Gasteiger partial charge in [0.2, 0.25) is 0 Å². The lowest BCUT2D eigenvalue weighted by Gasteiger charge is -2.27. The number of ether oxygens (including phenoxy) is 1. The molecule has 0 aromatic carbocycles. The quantitative estimate of drug-likeness (QED) is 0.471. The maximum absolute atomic E-state index is 9.13. The third kappa shape index (κ3) is 3.12. The molecule has 10 heavy (non-hydrogen) atoms. The zero-order valence-electron chi connectivity index (χ0n) is 6.40. The maximum atomic E-state index is 9.13. The first-order valence-electron chi connectivity index (χ1n) is 3.12. The summed E-state index contributed by atoms with van der Waals surface area (Å²) in [6, 6.07) is 0. The van der Waals surface area contributed by atoms with E-state index in [0.29, 0.717) is 0 Å². The van der Waals surface area contributed by atoms with Crippen LogP contribution in [0.5, 0.6) is 0 Å². The van der Waals surface area contributed by atoms with Gasteiger partial charge in [0.25, 0.3) is 0 Å². The summed E-state index contributed by atoms with van der Waals surface area (Å²) in [6.45, 7) is 4.02. The van der Waals surface area contributed by atoms with Crippen LogP contribution >= 0.6 is 0 Å². The molecule has 3 N–H and O–H groups in total. The van der Waals surface area contributed by atoms with Crippen LogP contribution in [0.1, 0.15) is 20.8 Å². The van der Waals surface area contributed by atoms with Crippen LogP contribution in [0, 0.1) is 0 Å². The van der Waals surface area contributed by atoms with Gasteiger partial charge in [-0.2, -0.15) is 0 Å². The molecule has 0 radical (unpaired) electrons. The molecule has 0 aliphatic rings. The second-order valence-electron chi connectivity index (χ2n) is 2.45. The van der Waals surface area contributed by atoms with E-state index in [1.807, 2.05) is 0 Å². The maximum Gasteiger partial charge on any atom is 0.191 e. The van der Waals surface area contributed by atoms with Crippen LogP contribution in [0.2, 0.25) is 0 Å². The molecule has 0 saturated heterocycles. The first-order chi connectivity index (χ1) is 4.36. The second kappa shape index (κ2) is 3.30. The third-order valence-corrected chi connectivity index (χ3v) is 1.18. The van der Waals surface area contributed by atoms with Gasteiger partial charge in [-0.15, -0.1) is 0 Å². The number of hydrogen-bond acceptors (Lipinski definition) is 4. The Hall–Kier alpha value is -0.160. The third-order valence-electron chi connectivity index (χ3n) is 1.18. The molecule has 0 saturated carbocycles. The first kappa shape index (κ1) is 9.84. The van der Waals surface area contributed by atoms with E-state index in [-0.39, 0.29) is 0 Å². The molecular formula is C6H14O4. The first-order valence-corrected chi connectivity index (χ1v) is 3.12. The van der Waals surface area contributed by atoms with Crippen LogP contribution in [-0.4, -0.2) is 33.5 Å². The Morgan fingerprint density at radius 2 is 1.70 bits per heavy atom. The average Bonchev–Trinajstić information content (AvgIpc) is 1.60. The highest BCUT2D eigenvalue weighted by molar-refractivity contribution is 4.66. The number of aliphatic hydroxyl groups excluding tert-OH is 2. The van der Waals surface area contributed by atoms with Crippen LogP contribution in [0.3, 0.4) is 0 Å². The van der Waals surface area contributed by atoms with E-state index in [0.717, 1.165) is 0 Å². The Kier molecular flexibility index (Phi) is 3.24.